The number of nitrogens with one attached hydrogen (secondary N) is 12. The Balaban J connectivity index is 1.15. The first-order chi connectivity index (χ1) is 51.4. The Morgan fingerprint density at radius 1 is 0.657 bits per heavy atom. The zero-order valence-corrected chi connectivity index (χ0v) is 61.5. The fraction of sp³-hybridized carbons (Fsp3) is 0.543. The molecule has 38 heteroatoms. The van der Waals surface area contributed by atoms with Crippen LogP contribution in [0.4, 0.5) is 4.39 Å². The maximum atomic E-state index is 15.5. The predicted octanol–water partition coefficient (Wildman–Crippen LogP) is -3.99. The molecule has 2 aromatic carbocycles. The second-order valence-corrected chi connectivity index (χ2v) is 26.8. The van der Waals surface area contributed by atoms with Crippen molar-refractivity contribution in [1.29, 1.82) is 0 Å². The van der Waals surface area contributed by atoms with Crippen molar-refractivity contribution in [1.82, 2.24) is 78.1 Å². The van der Waals surface area contributed by atoms with Crippen LogP contribution in [0.5, 0.6) is 17.4 Å². The van der Waals surface area contributed by atoms with Gasteiger partial charge in [0.1, 0.15) is 90.7 Å². The molecular weight excluding hydrogens is 1410 g/mol. The van der Waals surface area contributed by atoms with Crippen molar-refractivity contribution in [2.45, 2.75) is 191 Å². The highest BCUT2D eigenvalue weighted by atomic mass is 19.1. The molecule has 3 aromatic heterocycles. The van der Waals surface area contributed by atoms with Crippen LogP contribution in [0.2, 0.25) is 0 Å². The smallest absolute Gasteiger partial charge is 0.306 e. The molecule has 1 saturated heterocycles. The standard InChI is InChI=1S/C70H103FN20O17/c1-35(2)29-50-66(102)84-45(18-24-73)60(96)83-48(21-27-76)65(101)89-57(39(6)92)68(104)77-28-22-49(63(99)82-46(19-25-74)62(98)88-51(67(103)87-50)31-41-11-9-8-10-12-41)85-61(97)47(20-26-75)86-69(105)58(40(7)93)90-64(100)44(17-23-72)81-54(94)15-16-55(95)107-37(4)33-106-53-32-91-59(38(53)5)70(78-34-79-91)108-52-14-13-43-42(56(52)71)30-36(3)80-43/h8-14,30,32,34-35,37,39-40,44-51,57-58,80,92-93H,15-29,31,33,72-76H2,1-7H3,(H,77,104)(H,81,94)(H,82,99)(H,83,96)(H,84,102)(H,85,97)(H,86,105)(H,87,103)(H,88,98)(H,89,101)(H,90,100)/t37-,39+,40+,44+,45+,46+,47+,48+,49-,50+,51+,57-,58+/m1/s1. The number of aryl methyl sites for hydroxylation is 2. The number of H-pyrrole nitrogens is 1. The van der Waals surface area contributed by atoms with E-state index in [0.717, 1.165) is 12.6 Å². The minimum Gasteiger partial charge on any atom is -0.488 e. The summed E-state index contributed by atoms with van der Waals surface area (Å²) in [6.45, 7) is 9.20. The third-order valence-corrected chi connectivity index (χ3v) is 17.4. The van der Waals surface area contributed by atoms with Crippen LogP contribution in [0.1, 0.15) is 109 Å². The number of nitrogens with two attached hydrogens (primary N) is 5. The third kappa shape index (κ3) is 25.3. The van der Waals surface area contributed by atoms with Gasteiger partial charge in [0, 0.05) is 41.5 Å². The largest absolute Gasteiger partial charge is 0.488 e. The van der Waals surface area contributed by atoms with E-state index in [4.69, 9.17) is 42.9 Å². The maximum absolute atomic E-state index is 15.5. The van der Waals surface area contributed by atoms with Gasteiger partial charge in [-0.25, -0.2) is 8.91 Å². The Labute approximate surface area is 622 Å². The molecule has 1 aliphatic rings. The lowest BCUT2D eigenvalue weighted by Crippen LogP contribution is -2.62. The van der Waals surface area contributed by atoms with Crippen molar-refractivity contribution in [3.8, 4) is 17.4 Å². The van der Waals surface area contributed by atoms with E-state index in [9.17, 15) is 67.7 Å². The average Bonchev–Trinajstić information content (AvgIpc) is 1.62. The first-order valence-electron chi connectivity index (χ1n) is 35.7. The van der Waals surface area contributed by atoms with Gasteiger partial charge in [-0.2, -0.15) is 10.1 Å². The normalized spacial score (nSPS) is 20.5. The number of esters is 1. The molecule has 0 bridgehead atoms. The first kappa shape index (κ1) is 86.4. The topological polar surface area (TPSA) is 581 Å². The number of benzene rings is 2. The Hall–Kier alpha value is -10.5. The molecule has 1 fully saturated rings. The number of aromatic nitrogens is 4. The van der Waals surface area contributed by atoms with Gasteiger partial charge >= 0.3 is 5.97 Å². The molecular formula is C70H103FN20O17. The minimum atomic E-state index is -1.85. The summed E-state index contributed by atoms with van der Waals surface area (Å²) in [5, 5.41) is 54.1. The molecule has 0 spiro atoms. The SMILES string of the molecule is Cc1cc2c(F)c(Oc3ncnn4cc(OC[C@@H](C)OC(=O)CCC(=O)N[C@@H](CCN)C(=O)N[C@H](C(=O)N[C@@H](CCN)C(=O)N[C@@H]5CCNC(=O)[C@@H]([C@H](C)O)NC(=O)[C@H](CCN)NC(=O)[C@H](CCN)NC(=O)[C@H](CC(C)C)NC(=O)[C@H](Cc6ccccc6)NC(=O)[C@H](CCN)NC5=O)[C@H](C)O)c(C)c34)ccc2[nH]1. The lowest BCUT2D eigenvalue weighted by molar-refractivity contribution is -0.150. The fourth-order valence-corrected chi connectivity index (χ4v) is 11.7. The zero-order chi connectivity index (χ0) is 79.5. The van der Waals surface area contributed by atoms with Crippen LogP contribution < -0.4 is 96.6 Å². The van der Waals surface area contributed by atoms with Crippen LogP contribution >= 0.6 is 0 Å². The van der Waals surface area contributed by atoms with E-state index in [1.807, 2.05) is 0 Å². The van der Waals surface area contributed by atoms with Gasteiger partial charge in [-0.1, -0.05) is 44.2 Å². The molecule has 4 heterocycles. The van der Waals surface area contributed by atoms with E-state index >= 15 is 4.39 Å². The molecule has 11 amide bonds. The number of aliphatic hydroxyl groups excluding tert-OH is 2. The van der Waals surface area contributed by atoms with E-state index < -0.39 is 181 Å². The van der Waals surface area contributed by atoms with Crippen molar-refractivity contribution < 1.29 is 86.3 Å². The van der Waals surface area contributed by atoms with Gasteiger partial charge in [-0.3, -0.25) is 57.5 Å². The number of aliphatic hydroxyl groups is 2. The maximum Gasteiger partial charge on any atom is 0.306 e. The highest BCUT2D eigenvalue weighted by molar-refractivity contribution is 5.99. The second-order valence-electron chi connectivity index (χ2n) is 26.8. The Kier molecular flexibility index (Phi) is 33.7. The minimum absolute atomic E-state index is 0.0176. The molecule has 37 nitrogen and oxygen atoms in total. The van der Waals surface area contributed by atoms with E-state index in [2.05, 4.69) is 73.6 Å². The van der Waals surface area contributed by atoms with Gasteiger partial charge in [0.15, 0.2) is 11.6 Å². The quantitative estimate of drug-likeness (QED) is 0.0183. The number of carbonyl (C=O) groups excluding carboxylic acids is 12. The highest BCUT2D eigenvalue weighted by Crippen LogP contribution is 2.35. The molecule has 0 aliphatic carbocycles. The van der Waals surface area contributed by atoms with Crippen molar-refractivity contribution in [2.75, 3.05) is 45.9 Å². The summed E-state index contributed by atoms with van der Waals surface area (Å²) in [5.41, 5.74) is 32.3. The van der Waals surface area contributed by atoms with Crippen LogP contribution in [0.3, 0.4) is 0 Å². The molecule has 6 rings (SSSR count). The Bertz CT molecular complexity index is 3930. The van der Waals surface area contributed by atoms with Crippen LogP contribution in [0, 0.1) is 25.6 Å². The van der Waals surface area contributed by atoms with E-state index in [-0.39, 0.29) is 102 Å². The molecule has 24 N–H and O–H groups in total. The van der Waals surface area contributed by atoms with Gasteiger partial charge < -0.3 is 117 Å². The number of ether oxygens (including phenoxy) is 3. The van der Waals surface area contributed by atoms with Crippen LogP contribution in [-0.4, -0.2) is 225 Å². The zero-order valence-electron chi connectivity index (χ0n) is 61.5. The number of nitrogens with zero attached hydrogens (tertiary/aromatic N) is 3. The van der Waals surface area contributed by atoms with Gasteiger partial charge in [-0.15, -0.1) is 0 Å². The van der Waals surface area contributed by atoms with Crippen molar-refractivity contribution in [3.63, 3.8) is 0 Å². The summed E-state index contributed by atoms with van der Waals surface area (Å²) in [4.78, 5) is 176. The molecule has 0 unspecified atom stereocenters. The first-order valence-corrected chi connectivity index (χ1v) is 35.7. The third-order valence-electron chi connectivity index (χ3n) is 17.4. The molecule has 13 atom stereocenters. The number of hydrogen-bond acceptors (Lipinski definition) is 24. The number of hydrogen-bond donors (Lipinski definition) is 19. The monoisotopic (exact) mass is 1510 g/mol. The number of carbonyl (C=O) groups is 12. The van der Waals surface area contributed by atoms with Crippen LogP contribution in [0.25, 0.3) is 16.4 Å². The number of aromatic amines is 1. The summed E-state index contributed by atoms with van der Waals surface area (Å²) < 4.78 is 34.3. The Morgan fingerprint density at radius 2 is 1.23 bits per heavy atom. The predicted molar refractivity (Wildman–Crippen MR) is 389 cm³/mol. The van der Waals surface area contributed by atoms with E-state index in [1.165, 1.54) is 23.8 Å². The van der Waals surface area contributed by atoms with Gasteiger partial charge in [0.25, 0.3) is 0 Å². The molecule has 592 valence electrons. The molecule has 5 aromatic rings. The van der Waals surface area contributed by atoms with Crippen molar-refractivity contribution in [3.05, 3.63) is 83.7 Å². The van der Waals surface area contributed by atoms with Crippen molar-refractivity contribution >= 4 is 87.4 Å². The van der Waals surface area contributed by atoms with Gasteiger partial charge in [0.05, 0.1) is 24.8 Å². The summed E-state index contributed by atoms with van der Waals surface area (Å²) in [6.07, 6.45) is -4.21. The van der Waals surface area contributed by atoms with Gasteiger partial charge in [0.2, 0.25) is 70.9 Å². The highest BCUT2D eigenvalue weighted by Gasteiger charge is 2.38. The summed E-state index contributed by atoms with van der Waals surface area (Å²) in [6, 6.07) is -2.32. The summed E-state index contributed by atoms with van der Waals surface area (Å²) >= 11 is 0. The van der Waals surface area contributed by atoms with Crippen LogP contribution in [0.15, 0.2) is 61.1 Å². The molecule has 108 heavy (non-hydrogen) atoms. The fourth-order valence-electron chi connectivity index (χ4n) is 11.7. The van der Waals surface area contributed by atoms with E-state index in [0.29, 0.717) is 33.3 Å². The number of fused-ring (bicyclic) bond motifs is 2. The lowest BCUT2D eigenvalue weighted by atomic mass is 10.00. The Morgan fingerprint density at radius 3 is 1.82 bits per heavy atom. The van der Waals surface area contributed by atoms with Crippen LogP contribution in [-0.2, 0) is 68.7 Å². The van der Waals surface area contributed by atoms with Gasteiger partial charge in [-0.05, 0) is 142 Å². The molecule has 0 saturated carbocycles. The number of halogens is 1. The number of rotatable bonds is 32. The summed E-state index contributed by atoms with van der Waals surface area (Å²) in [7, 11) is 0. The molecule has 0 radical (unpaired) electrons. The lowest BCUT2D eigenvalue weighted by Gasteiger charge is -2.29. The number of amides is 11. The average molecular weight is 1520 g/mol. The summed E-state index contributed by atoms with van der Waals surface area (Å²) in [5.74, 6) is -12.1. The van der Waals surface area contributed by atoms with E-state index in [1.54, 1.807) is 83.3 Å². The molecule has 1 aliphatic heterocycles. The second kappa shape index (κ2) is 42.1. The van der Waals surface area contributed by atoms with Crippen molar-refractivity contribution in [2.24, 2.45) is 34.6 Å².